The Balaban J connectivity index is 2.32. The van der Waals surface area contributed by atoms with Gasteiger partial charge < -0.3 is 5.11 Å². The first-order chi connectivity index (χ1) is 5.16. The molecule has 0 spiro atoms. The summed E-state index contributed by atoms with van der Waals surface area (Å²) < 4.78 is 0. The van der Waals surface area contributed by atoms with Gasteiger partial charge >= 0.3 is 5.97 Å². The molecule has 1 aliphatic rings. The van der Waals surface area contributed by atoms with Crippen LogP contribution in [-0.2, 0) is 9.59 Å². The van der Waals surface area contributed by atoms with Crippen molar-refractivity contribution in [2.24, 2.45) is 11.8 Å². The summed E-state index contributed by atoms with van der Waals surface area (Å²) in [4.78, 5) is 21.4. The standard InChI is InChI=1S/C8H12O3/c1-2-3-7(9)5-4-6(5)8(10)11/h5-6H,2-4H2,1H3,(H,10,11)/t5-,6-/m0/s1. The molecular weight excluding hydrogens is 144 g/mol. The van der Waals surface area contributed by atoms with E-state index < -0.39 is 5.97 Å². The van der Waals surface area contributed by atoms with Crippen LogP contribution in [0.2, 0.25) is 0 Å². The van der Waals surface area contributed by atoms with Gasteiger partial charge in [0, 0.05) is 12.3 Å². The summed E-state index contributed by atoms with van der Waals surface area (Å²) >= 11 is 0. The lowest BCUT2D eigenvalue weighted by Crippen LogP contribution is -2.06. The third-order valence-corrected chi connectivity index (χ3v) is 2.02. The molecule has 0 saturated heterocycles. The number of Topliss-reactive ketones (excluding diaryl/α,β-unsaturated/α-hetero) is 1. The Morgan fingerprint density at radius 3 is 2.45 bits per heavy atom. The zero-order valence-corrected chi connectivity index (χ0v) is 6.54. The largest absolute Gasteiger partial charge is 0.481 e. The Labute approximate surface area is 65.4 Å². The molecule has 1 N–H and O–H groups in total. The number of carbonyl (C=O) groups is 2. The van der Waals surface area contributed by atoms with E-state index in [0.29, 0.717) is 12.8 Å². The van der Waals surface area contributed by atoms with Crippen LogP contribution in [0.25, 0.3) is 0 Å². The van der Waals surface area contributed by atoms with Crippen molar-refractivity contribution in [3.63, 3.8) is 0 Å². The lowest BCUT2D eigenvalue weighted by atomic mass is 10.1. The fourth-order valence-electron chi connectivity index (χ4n) is 1.26. The van der Waals surface area contributed by atoms with Gasteiger partial charge in [0.1, 0.15) is 5.78 Å². The Kier molecular flexibility index (Phi) is 2.27. The van der Waals surface area contributed by atoms with Crippen molar-refractivity contribution in [3.8, 4) is 0 Å². The second-order valence-corrected chi connectivity index (χ2v) is 3.00. The number of rotatable bonds is 4. The van der Waals surface area contributed by atoms with Crippen molar-refractivity contribution in [1.82, 2.24) is 0 Å². The van der Waals surface area contributed by atoms with Gasteiger partial charge in [0.25, 0.3) is 0 Å². The minimum atomic E-state index is -0.820. The summed E-state index contributed by atoms with van der Waals surface area (Å²) in [6, 6.07) is 0. The van der Waals surface area contributed by atoms with E-state index >= 15 is 0 Å². The van der Waals surface area contributed by atoms with E-state index in [1.54, 1.807) is 0 Å². The monoisotopic (exact) mass is 156 g/mol. The van der Waals surface area contributed by atoms with Gasteiger partial charge in [0.05, 0.1) is 5.92 Å². The zero-order chi connectivity index (χ0) is 8.43. The van der Waals surface area contributed by atoms with Crippen LogP contribution >= 0.6 is 0 Å². The van der Waals surface area contributed by atoms with Crippen LogP contribution in [0.5, 0.6) is 0 Å². The van der Waals surface area contributed by atoms with Gasteiger partial charge in [-0.1, -0.05) is 6.92 Å². The summed E-state index contributed by atoms with van der Waals surface area (Å²) in [6.07, 6.45) is 1.92. The van der Waals surface area contributed by atoms with E-state index in [1.165, 1.54) is 0 Å². The Hall–Kier alpha value is -0.860. The molecular formula is C8H12O3. The molecule has 0 aromatic rings. The van der Waals surface area contributed by atoms with E-state index in [-0.39, 0.29) is 17.6 Å². The van der Waals surface area contributed by atoms with Gasteiger partial charge in [-0.15, -0.1) is 0 Å². The smallest absolute Gasteiger partial charge is 0.307 e. The van der Waals surface area contributed by atoms with Gasteiger partial charge in [0.15, 0.2) is 0 Å². The highest BCUT2D eigenvalue weighted by molar-refractivity contribution is 5.90. The molecule has 1 rings (SSSR count). The topological polar surface area (TPSA) is 54.4 Å². The summed E-state index contributed by atoms with van der Waals surface area (Å²) in [5, 5.41) is 8.49. The van der Waals surface area contributed by atoms with E-state index in [2.05, 4.69) is 0 Å². The predicted molar refractivity (Wildman–Crippen MR) is 39.1 cm³/mol. The SMILES string of the molecule is CCCC(=O)[C@H]1C[C@@H]1C(=O)O. The van der Waals surface area contributed by atoms with Crippen LogP contribution in [0.15, 0.2) is 0 Å². The quantitative estimate of drug-likeness (QED) is 0.662. The van der Waals surface area contributed by atoms with Gasteiger partial charge in [-0.3, -0.25) is 9.59 Å². The number of aliphatic carboxylic acids is 1. The number of ketones is 1. The summed E-state index contributed by atoms with van der Waals surface area (Å²) in [7, 11) is 0. The summed E-state index contributed by atoms with van der Waals surface area (Å²) in [5.41, 5.74) is 0. The number of hydrogen-bond acceptors (Lipinski definition) is 2. The number of hydrogen-bond donors (Lipinski definition) is 1. The molecule has 0 aromatic carbocycles. The molecule has 0 unspecified atom stereocenters. The molecule has 0 aliphatic heterocycles. The molecule has 1 saturated carbocycles. The fourth-order valence-corrected chi connectivity index (χ4v) is 1.26. The average molecular weight is 156 g/mol. The van der Waals surface area contributed by atoms with Crippen LogP contribution in [0, 0.1) is 11.8 Å². The van der Waals surface area contributed by atoms with Crippen LogP contribution < -0.4 is 0 Å². The Bertz CT molecular complexity index is 186. The summed E-state index contributed by atoms with van der Waals surface area (Å²) in [6.45, 7) is 1.93. The van der Waals surface area contributed by atoms with E-state index in [9.17, 15) is 9.59 Å². The van der Waals surface area contributed by atoms with E-state index in [0.717, 1.165) is 6.42 Å². The Morgan fingerprint density at radius 2 is 2.09 bits per heavy atom. The first-order valence-corrected chi connectivity index (χ1v) is 3.92. The van der Waals surface area contributed by atoms with Crippen molar-refractivity contribution in [2.75, 3.05) is 0 Å². The van der Waals surface area contributed by atoms with Crippen molar-refractivity contribution in [1.29, 1.82) is 0 Å². The molecule has 2 atom stereocenters. The Morgan fingerprint density at radius 1 is 1.45 bits per heavy atom. The van der Waals surface area contributed by atoms with Gasteiger partial charge in [-0.2, -0.15) is 0 Å². The van der Waals surface area contributed by atoms with Gasteiger partial charge in [-0.25, -0.2) is 0 Å². The van der Waals surface area contributed by atoms with Crippen molar-refractivity contribution in [2.45, 2.75) is 26.2 Å². The van der Waals surface area contributed by atoms with Crippen molar-refractivity contribution >= 4 is 11.8 Å². The number of carboxylic acid groups (broad SMARTS) is 1. The van der Waals surface area contributed by atoms with Crippen LogP contribution in [0.3, 0.4) is 0 Å². The molecule has 62 valence electrons. The molecule has 11 heavy (non-hydrogen) atoms. The predicted octanol–water partition coefficient (Wildman–Crippen LogP) is 1.08. The lowest BCUT2D eigenvalue weighted by molar-refractivity contribution is -0.140. The second kappa shape index (κ2) is 3.03. The third kappa shape index (κ3) is 1.79. The molecule has 0 amide bonds. The minimum Gasteiger partial charge on any atom is -0.481 e. The lowest BCUT2D eigenvalue weighted by Gasteiger charge is -1.93. The average Bonchev–Trinajstić information content (AvgIpc) is 2.65. The van der Waals surface area contributed by atoms with Crippen LogP contribution in [0.4, 0.5) is 0 Å². The molecule has 1 fully saturated rings. The third-order valence-electron chi connectivity index (χ3n) is 2.02. The molecule has 3 nitrogen and oxygen atoms in total. The summed E-state index contributed by atoms with van der Waals surface area (Å²) in [5.74, 6) is -1.22. The van der Waals surface area contributed by atoms with Crippen molar-refractivity contribution in [3.05, 3.63) is 0 Å². The van der Waals surface area contributed by atoms with Crippen LogP contribution in [-0.4, -0.2) is 16.9 Å². The van der Waals surface area contributed by atoms with Gasteiger partial charge in [-0.05, 0) is 12.8 Å². The van der Waals surface area contributed by atoms with Gasteiger partial charge in [0.2, 0.25) is 0 Å². The van der Waals surface area contributed by atoms with Crippen molar-refractivity contribution < 1.29 is 14.7 Å². The number of carbonyl (C=O) groups excluding carboxylic acids is 1. The second-order valence-electron chi connectivity index (χ2n) is 3.00. The number of carboxylic acids is 1. The molecule has 0 aromatic heterocycles. The molecule has 1 aliphatic carbocycles. The van der Waals surface area contributed by atoms with Crippen LogP contribution in [0.1, 0.15) is 26.2 Å². The molecule has 0 bridgehead atoms. The highest BCUT2D eigenvalue weighted by Crippen LogP contribution is 2.40. The maximum Gasteiger partial charge on any atom is 0.307 e. The zero-order valence-electron chi connectivity index (χ0n) is 6.54. The highest BCUT2D eigenvalue weighted by Gasteiger charge is 2.47. The van der Waals surface area contributed by atoms with E-state index in [1.807, 2.05) is 6.92 Å². The maximum atomic E-state index is 11.1. The molecule has 0 heterocycles. The molecule has 3 heteroatoms. The normalized spacial score (nSPS) is 28.1. The molecule has 0 radical (unpaired) electrons. The first-order valence-electron chi connectivity index (χ1n) is 3.92. The first kappa shape index (κ1) is 8.24. The minimum absolute atomic E-state index is 0.125. The fraction of sp³-hybridized carbons (Fsp3) is 0.750. The maximum absolute atomic E-state index is 11.1. The van der Waals surface area contributed by atoms with E-state index in [4.69, 9.17) is 5.11 Å². The highest BCUT2D eigenvalue weighted by atomic mass is 16.4.